The van der Waals surface area contributed by atoms with E-state index in [4.69, 9.17) is 5.73 Å². The van der Waals surface area contributed by atoms with Crippen molar-refractivity contribution in [2.75, 3.05) is 11.1 Å². The fourth-order valence-corrected chi connectivity index (χ4v) is 3.83. The average Bonchev–Trinajstić information content (AvgIpc) is 3.32. The molecular weight excluding hydrogens is 443 g/mol. The van der Waals surface area contributed by atoms with E-state index in [0.717, 1.165) is 27.7 Å². The molecule has 0 bridgehead atoms. The first-order valence-electron chi connectivity index (χ1n) is 11.2. The van der Waals surface area contributed by atoms with Gasteiger partial charge in [0.15, 0.2) is 0 Å². The van der Waals surface area contributed by atoms with Crippen LogP contribution in [0.1, 0.15) is 17.8 Å². The molecule has 0 fully saturated rings. The van der Waals surface area contributed by atoms with Gasteiger partial charge in [-0.05, 0) is 47.5 Å². The summed E-state index contributed by atoms with van der Waals surface area (Å²) < 4.78 is 14.9. The van der Waals surface area contributed by atoms with E-state index in [1.165, 1.54) is 12.1 Å². The van der Waals surface area contributed by atoms with Crippen LogP contribution in [0, 0.1) is 5.82 Å². The Morgan fingerprint density at radius 2 is 1.74 bits per heavy atom. The summed E-state index contributed by atoms with van der Waals surface area (Å²) in [5.74, 6) is -0.484. The number of anilines is 2. The van der Waals surface area contributed by atoms with Crippen LogP contribution in [-0.4, -0.2) is 25.9 Å². The zero-order chi connectivity index (χ0) is 24.2. The van der Waals surface area contributed by atoms with Gasteiger partial charge in [-0.15, -0.1) is 5.10 Å². The lowest BCUT2D eigenvalue weighted by Gasteiger charge is -2.10. The van der Waals surface area contributed by atoms with E-state index in [1.54, 1.807) is 28.9 Å². The van der Waals surface area contributed by atoms with E-state index in [9.17, 15) is 9.18 Å². The Labute approximate surface area is 201 Å². The number of hydrogen-bond donors (Lipinski definition) is 2. The number of carbonyl (C=O) groups is 1. The molecule has 0 aliphatic heterocycles. The molecule has 0 aliphatic carbocycles. The number of para-hydroxylation sites is 1. The number of nitrogens with one attached hydrogen (secondary N) is 1. The minimum atomic E-state index is -0.303. The molecule has 0 unspecified atom stereocenters. The van der Waals surface area contributed by atoms with Crippen molar-refractivity contribution >= 4 is 28.2 Å². The Kier molecular flexibility index (Phi) is 6.17. The van der Waals surface area contributed by atoms with E-state index in [1.807, 2.05) is 48.7 Å². The van der Waals surface area contributed by atoms with Crippen molar-refractivity contribution in [3.63, 3.8) is 0 Å². The van der Waals surface area contributed by atoms with Crippen LogP contribution in [0.4, 0.5) is 15.8 Å². The van der Waals surface area contributed by atoms with Gasteiger partial charge in [0.2, 0.25) is 5.91 Å². The molecule has 0 saturated carbocycles. The third kappa shape index (κ3) is 5.33. The first-order chi connectivity index (χ1) is 17.0. The van der Waals surface area contributed by atoms with E-state index < -0.39 is 0 Å². The molecular formula is C27H23FN6O. The number of hydrogen-bond acceptors (Lipinski definition) is 5. The van der Waals surface area contributed by atoms with Gasteiger partial charge < -0.3 is 11.1 Å². The van der Waals surface area contributed by atoms with Gasteiger partial charge in [-0.2, -0.15) is 0 Å². The number of carbonyl (C=O) groups excluding carboxylic acids is 1. The number of fused-ring (bicyclic) bond motifs is 1. The molecule has 5 rings (SSSR count). The second-order valence-corrected chi connectivity index (χ2v) is 8.26. The smallest absolute Gasteiger partial charge is 0.224 e. The molecule has 174 valence electrons. The van der Waals surface area contributed by atoms with Crippen molar-refractivity contribution < 1.29 is 9.18 Å². The molecule has 0 radical (unpaired) electrons. The maximum atomic E-state index is 13.2. The second kappa shape index (κ2) is 9.72. The highest BCUT2D eigenvalue weighted by Gasteiger charge is 2.10. The van der Waals surface area contributed by atoms with Crippen LogP contribution in [0.25, 0.3) is 22.0 Å². The van der Waals surface area contributed by atoms with Gasteiger partial charge in [0.1, 0.15) is 5.82 Å². The summed E-state index contributed by atoms with van der Waals surface area (Å²) in [5.41, 5.74) is 11.2. The molecule has 0 saturated heterocycles. The lowest BCUT2D eigenvalue weighted by Crippen LogP contribution is -2.13. The van der Waals surface area contributed by atoms with E-state index in [0.29, 0.717) is 30.0 Å². The summed E-state index contributed by atoms with van der Waals surface area (Å²) >= 11 is 0. The SMILES string of the molecule is Nc1ccc(-c2ccc(F)cc2)cc1NC(=O)CCc1cn(Cc2ccc3ccccc3n2)nn1. The van der Waals surface area contributed by atoms with Crippen LogP contribution in [0.5, 0.6) is 0 Å². The summed E-state index contributed by atoms with van der Waals surface area (Å²) in [5, 5.41) is 12.3. The van der Waals surface area contributed by atoms with E-state index >= 15 is 0 Å². The molecule has 35 heavy (non-hydrogen) atoms. The van der Waals surface area contributed by atoms with Gasteiger partial charge in [-0.25, -0.2) is 9.07 Å². The molecule has 0 atom stereocenters. The molecule has 0 spiro atoms. The quantitative estimate of drug-likeness (QED) is 0.335. The minimum Gasteiger partial charge on any atom is -0.397 e. The number of amides is 1. The molecule has 2 aromatic heterocycles. The number of aromatic nitrogens is 4. The van der Waals surface area contributed by atoms with E-state index in [-0.39, 0.29) is 18.1 Å². The predicted octanol–water partition coefficient (Wildman–Crippen LogP) is 4.83. The van der Waals surface area contributed by atoms with Crippen LogP contribution >= 0.6 is 0 Å². The highest BCUT2D eigenvalue weighted by Crippen LogP contribution is 2.27. The number of benzene rings is 3. The first kappa shape index (κ1) is 22.2. The van der Waals surface area contributed by atoms with Crippen molar-refractivity contribution in [1.82, 2.24) is 20.0 Å². The van der Waals surface area contributed by atoms with Crippen LogP contribution in [0.2, 0.25) is 0 Å². The number of rotatable bonds is 7. The molecule has 7 nitrogen and oxygen atoms in total. The zero-order valence-electron chi connectivity index (χ0n) is 18.9. The fourth-order valence-electron chi connectivity index (χ4n) is 3.83. The topological polar surface area (TPSA) is 98.7 Å². The summed E-state index contributed by atoms with van der Waals surface area (Å²) in [6, 6.07) is 23.5. The summed E-state index contributed by atoms with van der Waals surface area (Å²) in [4.78, 5) is 17.2. The fraction of sp³-hybridized carbons (Fsp3) is 0.111. The van der Waals surface area contributed by atoms with Gasteiger partial charge in [0, 0.05) is 24.4 Å². The standard InChI is InChI=1S/C27H23FN6O/c28-21-9-5-18(6-10-21)20-8-13-24(29)26(15-20)31-27(35)14-12-23-17-34(33-32-23)16-22-11-7-19-3-1-2-4-25(19)30-22/h1-11,13,15,17H,12,14,16,29H2,(H,31,35). The molecule has 8 heteroatoms. The number of nitrogen functional groups attached to an aromatic ring is 1. The monoisotopic (exact) mass is 466 g/mol. The molecule has 5 aromatic rings. The van der Waals surface area contributed by atoms with Crippen molar-refractivity contribution in [2.24, 2.45) is 0 Å². The number of aryl methyl sites for hydroxylation is 1. The van der Waals surface area contributed by atoms with Gasteiger partial charge in [0.05, 0.1) is 34.8 Å². The summed E-state index contributed by atoms with van der Waals surface area (Å²) in [6.07, 6.45) is 2.50. The first-order valence-corrected chi connectivity index (χ1v) is 11.2. The largest absolute Gasteiger partial charge is 0.397 e. The van der Waals surface area contributed by atoms with E-state index in [2.05, 4.69) is 20.6 Å². The Morgan fingerprint density at radius 3 is 2.60 bits per heavy atom. The predicted molar refractivity (Wildman–Crippen MR) is 134 cm³/mol. The molecule has 0 aliphatic rings. The zero-order valence-corrected chi connectivity index (χ0v) is 18.9. The normalized spacial score (nSPS) is 11.0. The van der Waals surface area contributed by atoms with Gasteiger partial charge in [-0.1, -0.05) is 47.7 Å². The van der Waals surface area contributed by atoms with Crippen molar-refractivity contribution in [1.29, 1.82) is 0 Å². The number of halogens is 1. The molecule has 2 heterocycles. The highest BCUT2D eigenvalue weighted by atomic mass is 19.1. The Bertz CT molecular complexity index is 1500. The van der Waals surface area contributed by atoms with Crippen LogP contribution in [-0.2, 0) is 17.8 Å². The lowest BCUT2D eigenvalue weighted by molar-refractivity contribution is -0.116. The average molecular weight is 467 g/mol. The summed E-state index contributed by atoms with van der Waals surface area (Å²) in [7, 11) is 0. The van der Waals surface area contributed by atoms with Crippen LogP contribution < -0.4 is 11.1 Å². The second-order valence-electron chi connectivity index (χ2n) is 8.26. The van der Waals surface area contributed by atoms with Crippen molar-refractivity contribution in [3.05, 3.63) is 102 Å². The van der Waals surface area contributed by atoms with Crippen LogP contribution in [0.15, 0.2) is 85.1 Å². The molecule has 1 amide bonds. The van der Waals surface area contributed by atoms with Gasteiger partial charge in [0.25, 0.3) is 0 Å². The van der Waals surface area contributed by atoms with Crippen LogP contribution in [0.3, 0.4) is 0 Å². The summed E-state index contributed by atoms with van der Waals surface area (Å²) in [6.45, 7) is 0.497. The number of pyridine rings is 1. The maximum absolute atomic E-state index is 13.2. The number of nitrogens with zero attached hydrogens (tertiary/aromatic N) is 4. The third-order valence-electron chi connectivity index (χ3n) is 5.68. The third-order valence-corrected chi connectivity index (χ3v) is 5.68. The van der Waals surface area contributed by atoms with Crippen molar-refractivity contribution in [3.8, 4) is 11.1 Å². The Balaban J connectivity index is 1.19. The Morgan fingerprint density at radius 1 is 0.943 bits per heavy atom. The van der Waals surface area contributed by atoms with Gasteiger partial charge >= 0.3 is 0 Å². The Hall–Kier alpha value is -4.59. The maximum Gasteiger partial charge on any atom is 0.224 e. The minimum absolute atomic E-state index is 0.182. The number of nitrogens with two attached hydrogens (primary N) is 1. The highest BCUT2D eigenvalue weighted by molar-refractivity contribution is 5.95. The van der Waals surface area contributed by atoms with Gasteiger partial charge in [-0.3, -0.25) is 9.78 Å². The van der Waals surface area contributed by atoms with Crippen molar-refractivity contribution in [2.45, 2.75) is 19.4 Å². The molecule has 3 N–H and O–H groups in total. The molecule has 3 aromatic carbocycles. The lowest BCUT2D eigenvalue weighted by atomic mass is 10.0.